The van der Waals surface area contributed by atoms with Crippen LogP contribution >= 0.6 is 11.3 Å². The molecule has 0 N–H and O–H groups in total. The predicted octanol–water partition coefficient (Wildman–Crippen LogP) is 4.97. The molecule has 0 saturated carbocycles. The van der Waals surface area contributed by atoms with Gasteiger partial charge in [-0.1, -0.05) is 30.3 Å². The molecular formula is C23H16O5S. The van der Waals surface area contributed by atoms with E-state index in [2.05, 4.69) is 0 Å². The Morgan fingerprint density at radius 2 is 1.93 bits per heavy atom. The Kier molecular flexibility index (Phi) is 4.21. The van der Waals surface area contributed by atoms with Crippen LogP contribution in [0.3, 0.4) is 0 Å². The summed E-state index contributed by atoms with van der Waals surface area (Å²) in [5, 5.41) is 4.32. The average Bonchev–Trinajstić information content (AvgIpc) is 3.27. The maximum atomic E-state index is 13.1. The second-order valence-corrected chi connectivity index (χ2v) is 7.60. The van der Waals surface area contributed by atoms with E-state index in [1.54, 1.807) is 17.4 Å². The lowest BCUT2D eigenvalue weighted by Crippen LogP contribution is -2.22. The zero-order valence-electron chi connectivity index (χ0n) is 15.5. The number of hydrogen-bond acceptors (Lipinski definition) is 6. The van der Waals surface area contributed by atoms with Crippen LogP contribution in [0.5, 0.6) is 11.5 Å². The van der Waals surface area contributed by atoms with Crippen molar-refractivity contribution in [1.82, 2.24) is 0 Å². The molecule has 4 aromatic rings. The van der Waals surface area contributed by atoms with Crippen molar-refractivity contribution in [1.29, 1.82) is 0 Å². The first-order valence-corrected chi connectivity index (χ1v) is 10.1. The smallest absolute Gasteiger partial charge is 0.312 e. The van der Waals surface area contributed by atoms with E-state index in [1.807, 2.05) is 47.2 Å². The minimum Gasteiger partial charge on any atom is -0.496 e. The van der Waals surface area contributed by atoms with Gasteiger partial charge >= 0.3 is 5.97 Å². The third kappa shape index (κ3) is 2.93. The topological polar surface area (TPSA) is 65.7 Å². The lowest BCUT2D eigenvalue weighted by Gasteiger charge is -2.25. The van der Waals surface area contributed by atoms with Gasteiger partial charge in [0.05, 0.1) is 13.5 Å². The van der Waals surface area contributed by atoms with Gasteiger partial charge < -0.3 is 13.9 Å². The van der Waals surface area contributed by atoms with Crippen molar-refractivity contribution in [3.05, 3.63) is 80.6 Å². The number of benzene rings is 2. The molecule has 2 aromatic heterocycles. The molecule has 2 aromatic carbocycles. The Balaban J connectivity index is 1.87. The molecule has 0 spiro atoms. The van der Waals surface area contributed by atoms with Crippen molar-refractivity contribution in [2.45, 2.75) is 12.3 Å². The minimum absolute atomic E-state index is 0.185. The van der Waals surface area contributed by atoms with Crippen LogP contribution in [0.1, 0.15) is 23.5 Å². The molecule has 0 aliphatic carbocycles. The van der Waals surface area contributed by atoms with Gasteiger partial charge in [-0.2, -0.15) is 11.3 Å². The number of methoxy groups -OCH3 is 1. The van der Waals surface area contributed by atoms with Gasteiger partial charge in [-0.25, -0.2) is 0 Å². The zero-order chi connectivity index (χ0) is 20.0. The summed E-state index contributed by atoms with van der Waals surface area (Å²) in [6, 6.07) is 14.5. The second-order valence-electron chi connectivity index (χ2n) is 6.82. The molecule has 5 rings (SSSR count). The van der Waals surface area contributed by atoms with Crippen LogP contribution in [0.25, 0.3) is 22.3 Å². The number of rotatable bonds is 3. The van der Waals surface area contributed by atoms with Gasteiger partial charge in [0.25, 0.3) is 0 Å². The number of fused-ring (bicyclic) bond motifs is 3. The summed E-state index contributed by atoms with van der Waals surface area (Å²) in [5.41, 5.74) is 2.68. The minimum atomic E-state index is -0.323. The van der Waals surface area contributed by atoms with Gasteiger partial charge in [0.2, 0.25) is 0 Å². The molecule has 5 nitrogen and oxygen atoms in total. The maximum absolute atomic E-state index is 13.1. The largest absolute Gasteiger partial charge is 0.496 e. The molecule has 29 heavy (non-hydrogen) atoms. The second kappa shape index (κ2) is 6.90. The number of esters is 1. The highest BCUT2D eigenvalue weighted by Crippen LogP contribution is 2.46. The summed E-state index contributed by atoms with van der Waals surface area (Å²) in [7, 11) is 1.48. The van der Waals surface area contributed by atoms with Crippen LogP contribution < -0.4 is 14.9 Å². The lowest BCUT2D eigenvalue weighted by molar-refractivity contribution is -0.135. The van der Waals surface area contributed by atoms with Gasteiger partial charge in [0.1, 0.15) is 28.2 Å². The molecule has 3 heterocycles. The van der Waals surface area contributed by atoms with Crippen LogP contribution in [0.15, 0.2) is 68.5 Å². The van der Waals surface area contributed by atoms with Gasteiger partial charge in [-0.05, 0) is 22.4 Å². The summed E-state index contributed by atoms with van der Waals surface area (Å²) < 4.78 is 17.2. The Morgan fingerprint density at radius 3 is 2.66 bits per heavy atom. The maximum Gasteiger partial charge on any atom is 0.312 e. The Bertz CT molecular complexity index is 1270. The first-order valence-electron chi connectivity index (χ1n) is 9.12. The van der Waals surface area contributed by atoms with Gasteiger partial charge in [-0.15, -0.1) is 0 Å². The van der Waals surface area contributed by atoms with Gasteiger partial charge in [0, 0.05) is 29.2 Å². The van der Waals surface area contributed by atoms with Crippen molar-refractivity contribution >= 4 is 28.3 Å². The Hall–Kier alpha value is -3.38. The number of ether oxygens (including phenoxy) is 2. The molecule has 0 radical (unpaired) electrons. The van der Waals surface area contributed by atoms with E-state index in [4.69, 9.17) is 13.9 Å². The van der Waals surface area contributed by atoms with Gasteiger partial charge in [0.15, 0.2) is 5.43 Å². The van der Waals surface area contributed by atoms with Crippen LogP contribution in [0, 0.1) is 0 Å². The molecule has 6 heteroatoms. The first-order chi connectivity index (χ1) is 14.2. The van der Waals surface area contributed by atoms with Crippen LogP contribution in [-0.4, -0.2) is 13.1 Å². The highest BCUT2D eigenvalue weighted by atomic mass is 32.1. The SMILES string of the molecule is COc1cc2c(c3oc(-c4ccccc4)cc(=O)c13)[C@@H](c1ccsc1)CC(=O)O2. The molecular weight excluding hydrogens is 388 g/mol. The highest BCUT2D eigenvalue weighted by Gasteiger charge is 2.34. The normalized spacial score (nSPS) is 15.8. The molecule has 0 unspecified atom stereocenters. The number of carbonyl (C=O) groups excluding carboxylic acids is 1. The van der Waals surface area contributed by atoms with E-state index in [-0.39, 0.29) is 23.7 Å². The zero-order valence-corrected chi connectivity index (χ0v) is 16.3. The number of carbonyl (C=O) groups is 1. The molecule has 0 fully saturated rings. The standard InChI is InChI=1S/C23H16O5S/c1-26-18-11-19-21(15(9-20(25)27-19)14-7-8-29-12-14)23-22(18)16(24)10-17(28-23)13-5-3-2-4-6-13/h2-8,10-12,15H,9H2,1H3/t15-/m1/s1. The van der Waals surface area contributed by atoms with Crippen LogP contribution in [0.2, 0.25) is 0 Å². The fraction of sp³-hybridized carbons (Fsp3) is 0.130. The highest BCUT2D eigenvalue weighted by molar-refractivity contribution is 7.08. The molecule has 1 aliphatic heterocycles. The van der Waals surface area contributed by atoms with Crippen molar-refractivity contribution in [3.63, 3.8) is 0 Å². The van der Waals surface area contributed by atoms with Crippen molar-refractivity contribution < 1.29 is 18.7 Å². The summed E-state index contributed by atoms with van der Waals surface area (Å²) in [6.07, 6.45) is 0.185. The Labute approximate surface area is 170 Å². The fourth-order valence-corrected chi connectivity index (χ4v) is 4.52. The van der Waals surface area contributed by atoms with Crippen molar-refractivity contribution in [2.75, 3.05) is 7.11 Å². The lowest BCUT2D eigenvalue weighted by atomic mass is 9.86. The average molecular weight is 404 g/mol. The van der Waals surface area contributed by atoms with Crippen molar-refractivity contribution in [2.24, 2.45) is 0 Å². The van der Waals surface area contributed by atoms with E-state index in [1.165, 1.54) is 13.2 Å². The van der Waals surface area contributed by atoms with E-state index in [0.29, 0.717) is 33.8 Å². The van der Waals surface area contributed by atoms with E-state index in [0.717, 1.165) is 11.1 Å². The van der Waals surface area contributed by atoms with Crippen molar-refractivity contribution in [3.8, 4) is 22.8 Å². The van der Waals surface area contributed by atoms with E-state index >= 15 is 0 Å². The quantitative estimate of drug-likeness (QED) is 0.356. The molecule has 1 atom stereocenters. The molecule has 1 aliphatic rings. The number of hydrogen-bond donors (Lipinski definition) is 0. The third-order valence-electron chi connectivity index (χ3n) is 5.13. The molecule has 144 valence electrons. The summed E-state index contributed by atoms with van der Waals surface area (Å²) in [5.74, 6) is 0.581. The fourth-order valence-electron chi connectivity index (χ4n) is 3.81. The first kappa shape index (κ1) is 17.7. The van der Waals surface area contributed by atoms with Crippen LogP contribution in [-0.2, 0) is 4.79 Å². The molecule has 0 bridgehead atoms. The monoisotopic (exact) mass is 404 g/mol. The number of thiophene rings is 1. The van der Waals surface area contributed by atoms with Gasteiger partial charge in [-0.3, -0.25) is 9.59 Å². The Morgan fingerprint density at radius 1 is 1.10 bits per heavy atom. The van der Waals surface area contributed by atoms with Crippen LogP contribution in [0.4, 0.5) is 0 Å². The van der Waals surface area contributed by atoms with E-state index < -0.39 is 0 Å². The molecule has 0 amide bonds. The predicted molar refractivity (Wildman–Crippen MR) is 111 cm³/mol. The summed E-state index contributed by atoms with van der Waals surface area (Å²) in [6.45, 7) is 0. The summed E-state index contributed by atoms with van der Waals surface area (Å²) in [4.78, 5) is 25.3. The summed E-state index contributed by atoms with van der Waals surface area (Å²) >= 11 is 1.56. The van der Waals surface area contributed by atoms with E-state index in [9.17, 15) is 9.59 Å². The third-order valence-corrected chi connectivity index (χ3v) is 5.83. The molecule has 0 saturated heterocycles.